The highest BCUT2D eigenvalue weighted by atomic mass is 16.3. The molecule has 0 heterocycles. The summed E-state index contributed by atoms with van der Waals surface area (Å²) in [6.07, 6.45) is -0.501. The van der Waals surface area contributed by atoms with E-state index in [1.165, 1.54) is 0 Å². The SMILES string of the molecule is CC(C)C(O)Nc1ccc(CN)cc1. The largest absolute Gasteiger partial charge is 0.374 e. The average Bonchev–Trinajstić information content (AvgIpc) is 2.19. The first-order valence-electron chi connectivity index (χ1n) is 4.87. The Morgan fingerprint density at radius 3 is 2.29 bits per heavy atom. The van der Waals surface area contributed by atoms with Crippen molar-refractivity contribution in [1.82, 2.24) is 0 Å². The van der Waals surface area contributed by atoms with Crippen molar-refractivity contribution in [2.75, 3.05) is 5.32 Å². The zero-order valence-electron chi connectivity index (χ0n) is 8.70. The molecule has 0 saturated carbocycles. The maximum Gasteiger partial charge on any atom is 0.126 e. The maximum atomic E-state index is 9.57. The highest BCUT2D eigenvalue weighted by Crippen LogP contribution is 2.12. The fraction of sp³-hybridized carbons (Fsp3) is 0.455. The zero-order chi connectivity index (χ0) is 10.6. The van der Waals surface area contributed by atoms with Crippen LogP contribution >= 0.6 is 0 Å². The predicted molar refractivity (Wildman–Crippen MR) is 58.8 cm³/mol. The van der Waals surface area contributed by atoms with Gasteiger partial charge in [-0.25, -0.2) is 0 Å². The number of rotatable bonds is 4. The summed E-state index contributed by atoms with van der Waals surface area (Å²) >= 11 is 0. The van der Waals surface area contributed by atoms with Gasteiger partial charge in [0.25, 0.3) is 0 Å². The van der Waals surface area contributed by atoms with E-state index < -0.39 is 6.23 Å². The molecule has 0 amide bonds. The average molecular weight is 194 g/mol. The van der Waals surface area contributed by atoms with Gasteiger partial charge in [-0.3, -0.25) is 0 Å². The minimum Gasteiger partial charge on any atom is -0.374 e. The lowest BCUT2D eigenvalue weighted by Gasteiger charge is -2.17. The molecule has 4 N–H and O–H groups in total. The van der Waals surface area contributed by atoms with E-state index in [1.54, 1.807) is 0 Å². The van der Waals surface area contributed by atoms with Crippen molar-refractivity contribution >= 4 is 5.69 Å². The number of benzene rings is 1. The summed E-state index contributed by atoms with van der Waals surface area (Å²) in [5.74, 6) is 0.198. The van der Waals surface area contributed by atoms with Crippen LogP contribution in [0, 0.1) is 5.92 Å². The zero-order valence-corrected chi connectivity index (χ0v) is 8.70. The van der Waals surface area contributed by atoms with Crippen molar-refractivity contribution in [3.8, 4) is 0 Å². The van der Waals surface area contributed by atoms with Gasteiger partial charge in [0.15, 0.2) is 0 Å². The van der Waals surface area contributed by atoms with Gasteiger partial charge in [0.2, 0.25) is 0 Å². The van der Waals surface area contributed by atoms with Crippen molar-refractivity contribution in [2.24, 2.45) is 11.7 Å². The molecule has 0 radical (unpaired) electrons. The number of nitrogens with two attached hydrogens (primary N) is 1. The number of anilines is 1. The first-order chi connectivity index (χ1) is 6.63. The van der Waals surface area contributed by atoms with Gasteiger partial charge in [-0.2, -0.15) is 0 Å². The molecule has 0 aliphatic carbocycles. The molecular weight excluding hydrogens is 176 g/mol. The van der Waals surface area contributed by atoms with Crippen LogP contribution in [-0.4, -0.2) is 11.3 Å². The Kier molecular flexibility index (Phi) is 3.92. The third kappa shape index (κ3) is 3.01. The molecule has 3 nitrogen and oxygen atoms in total. The molecule has 1 rings (SSSR count). The fourth-order valence-corrected chi connectivity index (χ4v) is 1.07. The Bertz CT molecular complexity index is 269. The van der Waals surface area contributed by atoms with Crippen LogP contribution in [0.3, 0.4) is 0 Å². The van der Waals surface area contributed by atoms with Crippen molar-refractivity contribution in [2.45, 2.75) is 26.6 Å². The second kappa shape index (κ2) is 4.98. The minimum absolute atomic E-state index is 0.198. The minimum atomic E-state index is -0.501. The summed E-state index contributed by atoms with van der Waals surface area (Å²) in [4.78, 5) is 0. The van der Waals surface area contributed by atoms with E-state index in [4.69, 9.17) is 5.73 Å². The molecule has 1 atom stereocenters. The van der Waals surface area contributed by atoms with Crippen molar-refractivity contribution in [1.29, 1.82) is 0 Å². The molecule has 0 fully saturated rings. The van der Waals surface area contributed by atoms with Crippen LogP contribution in [0.15, 0.2) is 24.3 Å². The normalized spacial score (nSPS) is 12.9. The summed E-state index contributed by atoms with van der Waals surface area (Å²) < 4.78 is 0. The third-order valence-corrected chi connectivity index (χ3v) is 2.14. The van der Waals surface area contributed by atoms with Gasteiger partial charge in [0.1, 0.15) is 6.23 Å². The smallest absolute Gasteiger partial charge is 0.126 e. The van der Waals surface area contributed by atoms with Crippen LogP contribution in [-0.2, 0) is 6.54 Å². The second-order valence-corrected chi connectivity index (χ2v) is 3.73. The van der Waals surface area contributed by atoms with Gasteiger partial charge in [0, 0.05) is 12.2 Å². The molecule has 0 aliphatic heterocycles. The van der Waals surface area contributed by atoms with Crippen LogP contribution in [0.5, 0.6) is 0 Å². The van der Waals surface area contributed by atoms with Gasteiger partial charge in [-0.05, 0) is 23.6 Å². The quantitative estimate of drug-likeness (QED) is 0.637. The Labute approximate surface area is 84.9 Å². The highest BCUT2D eigenvalue weighted by Gasteiger charge is 2.07. The van der Waals surface area contributed by atoms with Gasteiger partial charge in [-0.15, -0.1) is 0 Å². The van der Waals surface area contributed by atoms with Crippen molar-refractivity contribution in [3.63, 3.8) is 0 Å². The number of aliphatic hydroxyl groups excluding tert-OH is 1. The second-order valence-electron chi connectivity index (χ2n) is 3.73. The summed E-state index contributed by atoms with van der Waals surface area (Å²) in [7, 11) is 0. The lowest BCUT2D eigenvalue weighted by atomic mass is 10.1. The predicted octanol–water partition coefficient (Wildman–Crippen LogP) is 1.53. The third-order valence-electron chi connectivity index (χ3n) is 2.14. The molecular formula is C11H18N2O. The number of nitrogens with one attached hydrogen (secondary N) is 1. The molecule has 78 valence electrons. The summed E-state index contributed by atoms with van der Waals surface area (Å²) in [5, 5.41) is 12.6. The van der Waals surface area contributed by atoms with Gasteiger partial charge in [-0.1, -0.05) is 26.0 Å². The molecule has 0 aliphatic rings. The summed E-state index contributed by atoms with van der Waals surface area (Å²) in [6, 6.07) is 7.76. The molecule has 0 bridgehead atoms. The van der Waals surface area contributed by atoms with E-state index in [1.807, 2.05) is 38.1 Å². The molecule has 14 heavy (non-hydrogen) atoms. The molecule has 1 aromatic rings. The monoisotopic (exact) mass is 194 g/mol. The molecule has 0 spiro atoms. The maximum absolute atomic E-state index is 9.57. The molecule has 3 heteroatoms. The van der Waals surface area contributed by atoms with E-state index in [2.05, 4.69) is 5.32 Å². The number of hydrogen-bond acceptors (Lipinski definition) is 3. The van der Waals surface area contributed by atoms with Crippen LogP contribution in [0.4, 0.5) is 5.69 Å². The number of hydrogen-bond donors (Lipinski definition) is 3. The lowest BCUT2D eigenvalue weighted by molar-refractivity contribution is 0.153. The van der Waals surface area contributed by atoms with Gasteiger partial charge < -0.3 is 16.2 Å². The Balaban J connectivity index is 2.59. The summed E-state index contributed by atoms with van der Waals surface area (Å²) in [5.41, 5.74) is 7.49. The standard InChI is InChI=1S/C11H18N2O/c1-8(2)11(14)13-10-5-3-9(7-12)4-6-10/h3-6,8,11,13-14H,7,12H2,1-2H3. The van der Waals surface area contributed by atoms with Crippen LogP contribution in [0.1, 0.15) is 19.4 Å². The number of aliphatic hydroxyl groups is 1. The Morgan fingerprint density at radius 1 is 1.29 bits per heavy atom. The van der Waals surface area contributed by atoms with Crippen LogP contribution in [0.25, 0.3) is 0 Å². The van der Waals surface area contributed by atoms with E-state index >= 15 is 0 Å². The topological polar surface area (TPSA) is 58.3 Å². The Hall–Kier alpha value is -1.06. The van der Waals surface area contributed by atoms with E-state index in [9.17, 15) is 5.11 Å². The highest BCUT2D eigenvalue weighted by molar-refractivity contribution is 5.44. The lowest BCUT2D eigenvalue weighted by Crippen LogP contribution is -2.24. The summed E-state index contributed by atoms with van der Waals surface area (Å²) in [6.45, 7) is 4.48. The molecule has 0 aromatic heterocycles. The molecule has 1 unspecified atom stereocenters. The first kappa shape index (κ1) is 11.0. The van der Waals surface area contributed by atoms with E-state index in [-0.39, 0.29) is 5.92 Å². The van der Waals surface area contributed by atoms with Gasteiger partial charge in [0.05, 0.1) is 0 Å². The van der Waals surface area contributed by atoms with Gasteiger partial charge >= 0.3 is 0 Å². The van der Waals surface area contributed by atoms with Crippen molar-refractivity contribution < 1.29 is 5.11 Å². The Morgan fingerprint density at radius 2 is 1.86 bits per heavy atom. The molecule has 1 aromatic carbocycles. The van der Waals surface area contributed by atoms with E-state index in [0.717, 1.165) is 11.3 Å². The van der Waals surface area contributed by atoms with Crippen molar-refractivity contribution in [3.05, 3.63) is 29.8 Å². The fourth-order valence-electron chi connectivity index (χ4n) is 1.07. The van der Waals surface area contributed by atoms with E-state index in [0.29, 0.717) is 6.54 Å². The molecule has 0 saturated heterocycles. The van der Waals surface area contributed by atoms with Crippen LogP contribution in [0.2, 0.25) is 0 Å². The van der Waals surface area contributed by atoms with Crippen LogP contribution < -0.4 is 11.1 Å². The first-order valence-corrected chi connectivity index (χ1v) is 4.87.